The van der Waals surface area contributed by atoms with Crippen LogP contribution in [0.15, 0.2) is 53.4 Å². The molecule has 0 unspecified atom stereocenters. The Bertz CT molecular complexity index is 812. The zero-order valence-corrected chi connectivity index (χ0v) is 14.4. The number of amides is 1. The fourth-order valence-electron chi connectivity index (χ4n) is 1.82. The Kier molecular flexibility index (Phi) is 6.80. The van der Waals surface area contributed by atoms with Crippen molar-refractivity contribution in [3.8, 4) is 11.8 Å². The van der Waals surface area contributed by atoms with Gasteiger partial charge in [-0.05, 0) is 30.3 Å². The monoisotopic (exact) mass is 383 g/mol. The molecule has 0 spiro atoms. The first kappa shape index (κ1) is 19.2. The van der Waals surface area contributed by atoms with E-state index in [2.05, 4.69) is 17.2 Å². The van der Waals surface area contributed by atoms with Crippen molar-refractivity contribution in [1.29, 1.82) is 0 Å². The molecular weight excluding hydrogens is 371 g/mol. The SMILES string of the molecule is O=C(CSc1ccccc1Cl)NCC#Cc1cccc(C(F)(F)F)c1. The van der Waals surface area contributed by atoms with Crippen molar-refractivity contribution >= 4 is 29.3 Å². The Morgan fingerprint density at radius 2 is 1.92 bits per heavy atom. The number of hydrogen-bond donors (Lipinski definition) is 1. The third-order valence-electron chi connectivity index (χ3n) is 2.99. The molecule has 0 radical (unpaired) electrons. The lowest BCUT2D eigenvalue weighted by Gasteiger charge is -2.05. The minimum atomic E-state index is -4.40. The number of nitrogens with one attached hydrogen (secondary N) is 1. The predicted octanol–water partition coefficient (Wildman–Crippen LogP) is 4.62. The first-order valence-corrected chi connectivity index (χ1v) is 8.53. The maximum absolute atomic E-state index is 12.6. The number of halogens is 4. The van der Waals surface area contributed by atoms with Gasteiger partial charge in [-0.15, -0.1) is 11.8 Å². The van der Waals surface area contributed by atoms with Crippen molar-refractivity contribution in [1.82, 2.24) is 5.32 Å². The normalized spacial score (nSPS) is 10.7. The van der Waals surface area contributed by atoms with Crippen LogP contribution in [0.5, 0.6) is 0 Å². The van der Waals surface area contributed by atoms with Gasteiger partial charge < -0.3 is 5.32 Å². The Labute approximate surface area is 152 Å². The Hall–Kier alpha value is -2.10. The lowest BCUT2D eigenvalue weighted by molar-refractivity contribution is -0.137. The maximum atomic E-state index is 12.6. The molecule has 0 aliphatic carbocycles. The fraction of sp³-hybridized carbons (Fsp3) is 0.167. The minimum absolute atomic E-state index is 0.0537. The smallest absolute Gasteiger partial charge is 0.344 e. The number of hydrogen-bond acceptors (Lipinski definition) is 2. The van der Waals surface area contributed by atoms with Crippen LogP contribution in [0.3, 0.4) is 0 Å². The van der Waals surface area contributed by atoms with Crippen LogP contribution in [0.25, 0.3) is 0 Å². The van der Waals surface area contributed by atoms with Gasteiger partial charge in [-0.1, -0.05) is 41.6 Å². The molecule has 0 aliphatic heterocycles. The summed E-state index contributed by atoms with van der Waals surface area (Å²) in [4.78, 5) is 12.5. The van der Waals surface area contributed by atoms with Crippen molar-refractivity contribution in [3.63, 3.8) is 0 Å². The molecule has 0 aliphatic rings. The van der Waals surface area contributed by atoms with E-state index >= 15 is 0 Å². The fourth-order valence-corrected chi connectivity index (χ4v) is 2.89. The third-order valence-corrected chi connectivity index (χ3v) is 4.51. The topological polar surface area (TPSA) is 29.1 Å². The minimum Gasteiger partial charge on any atom is -0.344 e. The van der Waals surface area contributed by atoms with E-state index in [1.54, 1.807) is 12.1 Å². The molecule has 2 nitrogen and oxygen atoms in total. The molecule has 0 saturated heterocycles. The van der Waals surface area contributed by atoms with Crippen molar-refractivity contribution in [3.05, 3.63) is 64.7 Å². The lowest BCUT2D eigenvalue weighted by Crippen LogP contribution is -2.25. The molecule has 25 heavy (non-hydrogen) atoms. The standard InChI is InChI=1S/C18H13ClF3NOS/c19-15-8-1-2-9-16(15)25-12-17(24)23-10-4-6-13-5-3-7-14(11-13)18(20,21)22/h1-3,5,7-9,11H,10,12H2,(H,23,24). The summed E-state index contributed by atoms with van der Waals surface area (Å²) in [5.74, 6) is 5.18. The quantitative estimate of drug-likeness (QED) is 0.616. The summed E-state index contributed by atoms with van der Waals surface area (Å²) in [6, 6.07) is 11.9. The summed E-state index contributed by atoms with van der Waals surface area (Å²) in [6.45, 7) is 0.0537. The Morgan fingerprint density at radius 1 is 1.16 bits per heavy atom. The van der Waals surface area contributed by atoms with Crippen molar-refractivity contribution < 1.29 is 18.0 Å². The third kappa shape index (κ3) is 6.37. The summed E-state index contributed by atoms with van der Waals surface area (Å²) in [5.41, 5.74) is -0.506. The zero-order valence-electron chi connectivity index (χ0n) is 12.9. The molecule has 7 heteroatoms. The summed E-state index contributed by atoms with van der Waals surface area (Å²) in [5, 5.41) is 3.16. The van der Waals surface area contributed by atoms with Gasteiger partial charge in [0.2, 0.25) is 5.91 Å². The van der Waals surface area contributed by atoms with Gasteiger partial charge in [-0.25, -0.2) is 0 Å². The van der Waals surface area contributed by atoms with Crippen LogP contribution in [-0.4, -0.2) is 18.2 Å². The first-order chi connectivity index (χ1) is 11.9. The van der Waals surface area contributed by atoms with E-state index in [9.17, 15) is 18.0 Å². The van der Waals surface area contributed by atoms with Crippen LogP contribution in [0.2, 0.25) is 5.02 Å². The van der Waals surface area contributed by atoms with Crippen LogP contribution >= 0.6 is 23.4 Å². The van der Waals surface area contributed by atoms with Crippen LogP contribution in [0.1, 0.15) is 11.1 Å². The highest BCUT2D eigenvalue weighted by molar-refractivity contribution is 8.00. The van der Waals surface area contributed by atoms with Gasteiger partial charge in [0.15, 0.2) is 0 Å². The molecule has 2 rings (SSSR count). The maximum Gasteiger partial charge on any atom is 0.416 e. The average molecular weight is 384 g/mol. The van der Waals surface area contributed by atoms with Gasteiger partial charge in [0, 0.05) is 10.5 Å². The second-order valence-electron chi connectivity index (χ2n) is 4.88. The first-order valence-electron chi connectivity index (χ1n) is 7.16. The predicted molar refractivity (Wildman–Crippen MR) is 93.5 cm³/mol. The molecule has 0 atom stereocenters. The molecule has 2 aromatic rings. The van der Waals surface area contributed by atoms with Gasteiger partial charge in [-0.2, -0.15) is 13.2 Å². The molecule has 0 fully saturated rings. The largest absolute Gasteiger partial charge is 0.416 e. The number of rotatable bonds is 4. The number of benzene rings is 2. The Balaban J connectivity index is 1.82. The van der Waals surface area contributed by atoms with Gasteiger partial charge in [0.1, 0.15) is 0 Å². The van der Waals surface area contributed by atoms with Crippen LogP contribution in [0.4, 0.5) is 13.2 Å². The van der Waals surface area contributed by atoms with Crippen molar-refractivity contribution in [2.24, 2.45) is 0 Å². The highest BCUT2D eigenvalue weighted by atomic mass is 35.5. The molecule has 2 aromatic carbocycles. The lowest BCUT2D eigenvalue weighted by atomic mass is 10.1. The number of carbonyl (C=O) groups is 1. The van der Waals surface area contributed by atoms with E-state index in [0.29, 0.717) is 5.02 Å². The average Bonchev–Trinajstić information content (AvgIpc) is 2.57. The molecule has 0 bridgehead atoms. The van der Waals surface area contributed by atoms with E-state index < -0.39 is 11.7 Å². The molecule has 0 saturated carbocycles. The van der Waals surface area contributed by atoms with Crippen LogP contribution in [0, 0.1) is 11.8 Å². The molecule has 1 N–H and O–H groups in total. The van der Waals surface area contributed by atoms with Gasteiger partial charge in [-0.3, -0.25) is 4.79 Å². The molecule has 130 valence electrons. The number of carbonyl (C=O) groups excluding carboxylic acids is 1. The van der Waals surface area contributed by atoms with Crippen LogP contribution < -0.4 is 5.32 Å². The summed E-state index contributed by atoms with van der Waals surface area (Å²) in [7, 11) is 0. The highest BCUT2D eigenvalue weighted by Gasteiger charge is 2.30. The molecule has 1 amide bonds. The highest BCUT2D eigenvalue weighted by Crippen LogP contribution is 2.29. The summed E-state index contributed by atoms with van der Waals surface area (Å²) in [6.07, 6.45) is -4.40. The van der Waals surface area contributed by atoms with Crippen LogP contribution in [-0.2, 0) is 11.0 Å². The van der Waals surface area contributed by atoms with E-state index in [-0.39, 0.29) is 23.8 Å². The van der Waals surface area contributed by atoms with E-state index in [1.165, 1.54) is 23.9 Å². The zero-order chi connectivity index (χ0) is 18.3. The Morgan fingerprint density at radius 3 is 2.64 bits per heavy atom. The van der Waals surface area contributed by atoms with Gasteiger partial charge >= 0.3 is 6.18 Å². The molecule has 0 heterocycles. The number of thioether (sulfide) groups is 1. The molecule has 0 aromatic heterocycles. The van der Waals surface area contributed by atoms with Crippen molar-refractivity contribution in [2.45, 2.75) is 11.1 Å². The summed E-state index contributed by atoms with van der Waals surface area (Å²) < 4.78 is 37.8. The van der Waals surface area contributed by atoms with E-state index in [4.69, 9.17) is 11.6 Å². The van der Waals surface area contributed by atoms with Gasteiger partial charge in [0.05, 0.1) is 22.9 Å². The summed E-state index contributed by atoms with van der Waals surface area (Å²) >= 11 is 7.29. The van der Waals surface area contributed by atoms with E-state index in [0.717, 1.165) is 17.0 Å². The molecular formula is C18H13ClF3NOS. The second kappa shape index (κ2) is 8.84. The number of alkyl halides is 3. The van der Waals surface area contributed by atoms with Gasteiger partial charge in [0.25, 0.3) is 0 Å². The van der Waals surface area contributed by atoms with E-state index in [1.807, 2.05) is 12.1 Å². The van der Waals surface area contributed by atoms with Crippen molar-refractivity contribution in [2.75, 3.05) is 12.3 Å². The second-order valence-corrected chi connectivity index (χ2v) is 6.30.